The summed E-state index contributed by atoms with van der Waals surface area (Å²) in [5.74, 6) is 0.323. The third kappa shape index (κ3) is 4.44. The summed E-state index contributed by atoms with van der Waals surface area (Å²) in [5, 5.41) is 7.09. The number of hydrogen-bond donors (Lipinski definition) is 2. The summed E-state index contributed by atoms with van der Waals surface area (Å²) in [4.78, 5) is 12.0. The Morgan fingerprint density at radius 1 is 1.05 bits per heavy atom. The molecule has 0 heterocycles. The van der Waals surface area contributed by atoms with Gasteiger partial charge in [-0.1, -0.05) is 34.8 Å². The van der Waals surface area contributed by atoms with E-state index in [-0.39, 0.29) is 12.5 Å². The van der Waals surface area contributed by atoms with Gasteiger partial charge in [0.05, 0.1) is 30.1 Å². The number of methoxy groups -OCH3 is 1. The number of carbonyl (C=O) groups is 1. The van der Waals surface area contributed by atoms with E-state index in [9.17, 15) is 4.79 Å². The molecule has 0 saturated heterocycles. The van der Waals surface area contributed by atoms with Gasteiger partial charge in [0.2, 0.25) is 5.91 Å². The standard InChI is InChI=1S/C15H13Cl3N2O2/c1-22-14-5-3-10(17)7-13(14)19-8-15(21)20-12-6-9(16)2-4-11(12)18/h2-7,19H,8H2,1H3,(H,20,21). The maximum absolute atomic E-state index is 12.0. The van der Waals surface area contributed by atoms with Crippen LogP contribution in [0.25, 0.3) is 0 Å². The molecule has 0 radical (unpaired) electrons. The molecule has 2 aromatic rings. The highest BCUT2D eigenvalue weighted by Crippen LogP contribution is 2.28. The molecule has 0 spiro atoms. The average molecular weight is 360 g/mol. The van der Waals surface area contributed by atoms with E-state index in [2.05, 4.69) is 10.6 Å². The highest BCUT2D eigenvalue weighted by Gasteiger charge is 2.09. The first kappa shape index (κ1) is 16.7. The molecular formula is C15H13Cl3N2O2. The number of halogens is 3. The topological polar surface area (TPSA) is 50.4 Å². The number of carbonyl (C=O) groups excluding carboxylic acids is 1. The largest absolute Gasteiger partial charge is 0.495 e. The van der Waals surface area contributed by atoms with Crippen LogP contribution in [-0.4, -0.2) is 19.6 Å². The number of rotatable bonds is 5. The van der Waals surface area contributed by atoms with E-state index < -0.39 is 0 Å². The van der Waals surface area contributed by atoms with Crippen molar-refractivity contribution in [1.82, 2.24) is 0 Å². The predicted octanol–water partition coefficient (Wildman–Crippen LogP) is 4.71. The van der Waals surface area contributed by atoms with E-state index in [1.165, 1.54) is 0 Å². The fourth-order valence-corrected chi connectivity index (χ4v) is 2.29. The fourth-order valence-electron chi connectivity index (χ4n) is 1.78. The van der Waals surface area contributed by atoms with Crippen LogP contribution in [0.5, 0.6) is 5.75 Å². The average Bonchev–Trinajstić information content (AvgIpc) is 2.49. The molecule has 0 unspecified atom stereocenters. The summed E-state index contributed by atoms with van der Waals surface area (Å²) < 4.78 is 5.19. The van der Waals surface area contributed by atoms with Crippen molar-refractivity contribution in [1.29, 1.82) is 0 Å². The first-order chi connectivity index (χ1) is 10.5. The lowest BCUT2D eigenvalue weighted by atomic mass is 10.3. The maximum atomic E-state index is 12.0. The smallest absolute Gasteiger partial charge is 0.243 e. The number of ether oxygens (including phenoxy) is 1. The monoisotopic (exact) mass is 358 g/mol. The second-order valence-corrected chi connectivity index (χ2v) is 5.65. The zero-order chi connectivity index (χ0) is 16.1. The van der Waals surface area contributed by atoms with Crippen LogP contribution in [0.3, 0.4) is 0 Å². The van der Waals surface area contributed by atoms with Crippen LogP contribution >= 0.6 is 34.8 Å². The van der Waals surface area contributed by atoms with E-state index in [1.807, 2.05) is 0 Å². The Balaban J connectivity index is 2.01. The molecule has 0 aliphatic rings. The molecule has 2 aromatic carbocycles. The van der Waals surface area contributed by atoms with Crippen molar-refractivity contribution >= 4 is 52.1 Å². The van der Waals surface area contributed by atoms with E-state index in [1.54, 1.807) is 43.5 Å². The summed E-state index contributed by atoms with van der Waals surface area (Å²) in [6, 6.07) is 9.96. The number of benzene rings is 2. The highest BCUT2D eigenvalue weighted by atomic mass is 35.5. The molecule has 0 saturated carbocycles. The summed E-state index contributed by atoms with van der Waals surface area (Å²) >= 11 is 17.8. The molecular weight excluding hydrogens is 347 g/mol. The van der Waals surface area contributed by atoms with E-state index in [4.69, 9.17) is 39.5 Å². The van der Waals surface area contributed by atoms with Gasteiger partial charge in [0.15, 0.2) is 0 Å². The van der Waals surface area contributed by atoms with Crippen LogP contribution in [-0.2, 0) is 4.79 Å². The van der Waals surface area contributed by atoms with Gasteiger partial charge >= 0.3 is 0 Å². The van der Waals surface area contributed by atoms with Gasteiger partial charge in [0.1, 0.15) is 5.75 Å². The lowest BCUT2D eigenvalue weighted by Crippen LogP contribution is -2.22. The van der Waals surface area contributed by atoms with Crippen LogP contribution in [0.2, 0.25) is 15.1 Å². The Morgan fingerprint density at radius 3 is 2.36 bits per heavy atom. The lowest BCUT2D eigenvalue weighted by molar-refractivity contribution is -0.114. The van der Waals surface area contributed by atoms with Crippen molar-refractivity contribution in [3.05, 3.63) is 51.5 Å². The van der Waals surface area contributed by atoms with Gasteiger partial charge in [-0.25, -0.2) is 0 Å². The molecule has 7 heteroatoms. The molecule has 0 bridgehead atoms. The van der Waals surface area contributed by atoms with Crippen LogP contribution in [0.4, 0.5) is 11.4 Å². The van der Waals surface area contributed by atoms with Crippen molar-refractivity contribution in [2.45, 2.75) is 0 Å². The molecule has 0 fully saturated rings. The minimum atomic E-state index is -0.272. The van der Waals surface area contributed by atoms with Crippen LogP contribution in [0.1, 0.15) is 0 Å². The summed E-state index contributed by atoms with van der Waals surface area (Å²) in [6.45, 7) is 0.0273. The van der Waals surface area contributed by atoms with Crippen LogP contribution < -0.4 is 15.4 Å². The third-order valence-electron chi connectivity index (χ3n) is 2.80. The zero-order valence-corrected chi connectivity index (χ0v) is 13.9. The van der Waals surface area contributed by atoms with Gasteiger partial charge in [-0.15, -0.1) is 0 Å². The molecule has 1 amide bonds. The maximum Gasteiger partial charge on any atom is 0.243 e. The molecule has 0 aromatic heterocycles. The summed E-state index contributed by atoms with van der Waals surface area (Å²) in [5.41, 5.74) is 1.08. The number of anilines is 2. The first-order valence-corrected chi connectivity index (χ1v) is 7.45. The summed E-state index contributed by atoms with van der Waals surface area (Å²) in [7, 11) is 1.54. The lowest BCUT2D eigenvalue weighted by Gasteiger charge is -2.12. The quantitative estimate of drug-likeness (QED) is 0.813. The van der Waals surface area contributed by atoms with Crippen molar-refractivity contribution in [2.24, 2.45) is 0 Å². The minimum absolute atomic E-state index is 0.0273. The number of nitrogens with one attached hydrogen (secondary N) is 2. The Hall–Kier alpha value is -1.62. The second-order valence-electron chi connectivity index (χ2n) is 4.37. The van der Waals surface area contributed by atoms with Gasteiger partial charge in [0.25, 0.3) is 0 Å². The molecule has 0 aliphatic heterocycles. The van der Waals surface area contributed by atoms with E-state index in [0.717, 1.165) is 0 Å². The zero-order valence-electron chi connectivity index (χ0n) is 11.6. The number of amides is 1. The minimum Gasteiger partial charge on any atom is -0.495 e. The predicted molar refractivity (Wildman–Crippen MR) is 91.6 cm³/mol. The molecule has 0 atom stereocenters. The Bertz CT molecular complexity index is 692. The van der Waals surface area contributed by atoms with Crippen molar-refractivity contribution in [2.75, 3.05) is 24.3 Å². The summed E-state index contributed by atoms with van der Waals surface area (Å²) in [6.07, 6.45) is 0. The first-order valence-electron chi connectivity index (χ1n) is 6.32. The van der Waals surface area contributed by atoms with Crippen LogP contribution in [0.15, 0.2) is 36.4 Å². The normalized spacial score (nSPS) is 10.2. The second kappa shape index (κ2) is 7.58. The Kier molecular flexibility index (Phi) is 5.77. The van der Waals surface area contributed by atoms with E-state index in [0.29, 0.717) is 32.2 Å². The molecule has 2 rings (SSSR count). The Labute approximate surface area is 143 Å². The number of hydrogen-bond acceptors (Lipinski definition) is 3. The molecule has 0 aliphatic carbocycles. The molecule has 116 valence electrons. The van der Waals surface area contributed by atoms with Gasteiger partial charge < -0.3 is 15.4 Å². The SMILES string of the molecule is COc1ccc(Cl)cc1NCC(=O)Nc1cc(Cl)ccc1Cl. The molecule has 4 nitrogen and oxygen atoms in total. The van der Waals surface area contributed by atoms with Crippen LogP contribution in [0, 0.1) is 0 Å². The van der Waals surface area contributed by atoms with Crippen molar-refractivity contribution in [3.8, 4) is 5.75 Å². The third-order valence-corrected chi connectivity index (χ3v) is 3.60. The van der Waals surface area contributed by atoms with Crippen molar-refractivity contribution < 1.29 is 9.53 Å². The fraction of sp³-hybridized carbons (Fsp3) is 0.133. The highest BCUT2D eigenvalue weighted by molar-refractivity contribution is 6.35. The van der Waals surface area contributed by atoms with Gasteiger partial charge in [-0.3, -0.25) is 4.79 Å². The molecule has 2 N–H and O–H groups in total. The van der Waals surface area contributed by atoms with E-state index >= 15 is 0 Å². The van der Waals surface area contributed by atoms with Crippen molar-refractivity contribution in [3.63, 3.8) is 0 Å². The van der Waals surface area contributed by atoms with Gasteiger partial charge in [-0.05, 0) is 36.4 Å². The molecule has 22 heavy (non-hydrogen) atoms. The van der Waals surface area contributed by atoms with Gasteiger partial charge in [-0.2, -0.15) is 0 Å². The Morgan fingerprint density at radius 2 is 1.68 bits per heavy atom. The van der Waals surface area contributed by atoms with Gasteiger partial charge in [0, 0.05) is 10.0 Å².